The highest BCUT2D eigenvalue weighted by molar-refractivity contribution is 7.35. The monoisotopic (exact) mass is 781 g/mol. The maximum atomic E-state index is 14.5. The molecule has 12 heteroatoms. The van der Waals surface area contributed by atoms with Crippen molar-refractivity contribution in [1.29, 1.82) is 15.8 Å². The van der Waals surface area contributed by atoms with Gasteiger partial charge >= 0.3 is 6.18 Å². The number of thiophene rings is 3. The van der Waals surface area contributed by atoms with Gasteiger partial charge in [-0.3, -0.25) is 0 Å². The Balaban J connectivity index is 1.41. The summed E-state index contributed by atoms with van der Waals surface area (Å²) in [6.07, 6.45) is 6.90. The molecular formula is C42H38F3N5OS3. The quantitative estimate of drug-likeness (QED) is 0.0862. The number of nitriles is 3. The summed E-state index contributed by atoms with van der Waals surface area (Å²) in [5.41, 5.74) is 1.50. The number of rotatable bonds is 13. The van der Waals surface area contributed by atoms with Crippen LogP contribution >= 0.6 is 34.0 Å². The number of hydrogen-bond donors (Lipinski definition) is 0. The van der Waals surface area contributed by atoms with Crippen molar-refractivity contribution in [1.82, 2.24) is 9.13 Å². The van der Waals surface area contributed by atoms with Crippen LogP contribution in [0.5, 0.6) is 0 Å². The van der Waals surface area contributed by atoms with Crippen molar-refractivity contribution in [2.75, 3.05) is 0 Å². The van der Waals surface area contributed by atoms with E-state index in [1.165, 1.54) is 71.3 Å². The highest BCUT2D eigenvalue weighted by atomic mass is 32.1. The Kier molecular flexibility index (Phi) is 10.5. The molecule has 1 aliphatic rings. The van der Waals surface area contributed by atoms with Gasteiger partial charge in [0, 0.05) is 28.4 Å². The zero-order valence-corrected chi connectivity index (χ0v) is 32.7. The third-order valence-corrected chi connectivity index (χ3v) is 14.0. The molecule has 0 spiro atoms. The first-order valence-corrected chi connectivity index (χ1v) is 20.7. The van der Waals surface area contributed by atoms with Crippen LogP contribution in [-0.2, 0) is 17.8 Å². The van der Waals surface area contributed by atoms with Crippen molar-refractivity contribution >= 4 is 81.0 Å². The molecule has 276 valence electrons. The molecular weight excluding hydrogens is 744 g/mol. The summed E-state index contributed by atoms with van der Waals surface area (Å²) in [6, 6.07) is 19.8. The van der Waals surface area contributed by atoms with Gasteiger partial charge in [-0.1, -0.05) is 88.8 Å². The topological polar surface area (TPSA) is 90.5 Å². The van der Waals surface area contributed by atoms with E-state index in [1.807, 2.05) is 23.5 Å². The minimum absolute atomic E-state index is 0.436. The number of aromatic nitrogens is 2. The summed E-state index contributed by atoms with van der Waals surface area (Å²) in [5.74, 6) is -0.644. The average molecular weight is 782 g/mol. The van der Waals surface area contributed by atoms with Crippen LogP contribution in [0.2, 0.25) is 0 Å². The van der Waals surface area contributed by atoms with Crippen LogP contribution in [0.4, 0.5) is 13.2 Å². The Morgan fingerprint density at radius 1 is 0.778 bits per heavy atom. The van der Waals surface area contributed by atoms with Gasteiger partial charge < -0.3 is 13.9 Å². The molecule has 1 atom stereocenters. The van der Waals surface area contributed by atoms with Crippen LogP contribution in [0.3, 0.4) is 0 Å². The van der Waals surface area contributed by atoms with E-state index in [0.717, 1.165) is 73.6 Å². The molecule has 5 aromatic heterocycles. The number of hydrogen-bond acceptors (Lipinski definition) is 7. The van der Waals surface area contributed by atoms with Crippen molar-refractivity contribution in [2.45, 2.75) is 97.0 Å². The average Bonchev–Trinajstić information content (AvgIpc) is 3.99. The number of fused-ring (bicyclic) bond motifs is 7. The Morgan fingerprint density at radius 3 is 1.93 bits per heavy atom. The standard InChI is InChI=1S/C42H38F3N5OS3/c1-4-6-8-13-19-49-31-21-28(17-18-30-29(25-48)36(27(23-46)24-47)51-41(30,3)42(43,44)45)52-37(31)39-34(49)35-40(54-39)38-32(50(35)20-14-9-7-5-2)22-33(53-38)26-15-11-10-12-16-26/h10-12,15-18,21-22H,4-9,13-14,19-20H2,1-3H3/b18-17+. The number of benzene rings is 1. The number of aryl methyl sites for hydroxylation is 2. The third-order valence-electron chi connectivity index (χ3n) is 10.2. The third kappa shape index (κ3) is 6.33. The second kappa shape index (κ2) is 15.1. The van der Waals surface area contributed by atoms with E-state index in [2.05, 4.69) is 53.3 Å². The number of nitrogens with zero attached hydrogens (tertiary/aromatic N) is 5. The Bertz CT molecular complexity index is 2590. The largest absolute Gasteiger partial charge is 0.470 e. The van der Waals surface area contributed by atoms with Gasteiger partial charge in [-0.15, -0.1) is 34.0 Å². The smallest absolute Gasteiger partial charge is 0.432 e. The minimum atomic E-state index is -4.92. The van der Waals surface area contributed by atoms with Crippen molar-refractivity contribution in [3.63, 3.8) is 0 Å². The molecule has 0 radical (unpaired) electrons. The van der Waals surface area contributed by atoms with Crippen LogP contribution in [-0.4, -0.2) is 20.9 Å². The molecule has 54 heavy (non-hydrogen) atoms. The fraction of sp³-hybridized carbons (Fsp3) is 0.357. The lowest BCUT2D eigenvalue weighted by molar-refractivity contribution is -0.236. The van der Waals surface area contributed by atoms with E-state index in [-0.39, 0.29) is 0 Å². The molecule has 6 heterocycles. The number of ether oxygens (including phenoxy) is 1. The Labute approximate surface area is 323 Å². The SMILES string of the molecule is CCCCCCn1c2cc(/C=C/C3=C(C#N)C(=C(C#N)C#N)OC3(C)C(F)(F)F)sc2c2sc3c4sc(-c5ccccc5)cc4n(CCCCCC)c3c21. The molecule has 1 unspecified atom stereocenters. The van der Waals surface area contributed by atoms with Gasteiger partial charge in [0.15, 0.2) is 11.3 Å². The molecule has 6 aromatic rings. The van der Waals surface area contributed by atoms with Gasteiger partial charge in [-0.2, -0.15) is 29.0 Å². The fourth-order valence-corrected chi connectivity index (χ4v) is 11.2. The summed E-state index contributed by atoms with van der Waals surface area (Å²) in [6.45, 7) is 6.99. The van der Waals surface area contributed by atoms with Crippen molar-refractivity contribution in [3.8, 4) is 28.6 Å². The summed E-state index contributed by atoms with van der Waals surface area (Å²) in [4.78, 5) is 1.96. The number of halogens is 3. The lowest BCUT2D eigenvalue weighted by atomic mass is 9.92. The molecule has 0 amide bonds. The van der Waals surface area contributed by atoms with Gasteiger partial charge in [-0.05, 0) is 43.5 Å². The Morgan fingerprint density at radius 2 is 1.37 bits per heavy atom. The van der Waals surface area contributed by atoms with E-state index in [9.17, 15) is 29.0 Å². The zero-order chi connectivity index (χ0) is 38.2. The fourth-order valence-electron chi connectivity index (χ4n) is 7.36. The molecule has 0 bridgehead atoms. The van der Waals surface area contributed by atoms with Gasteiger partial charge in [0.2, 0.25) is 5.60 Å². The van der Waals surface area contributed by atoms with Crippen molar-refractivity contribution < 1.29 is 17.9 Å². The first kappa shape index (κ1) is 37.5. The van der Waals surface area contributed by atoms with Gasteiger partial charge in [0.1, 0.15) is 23.8 Å². The van der Waals surface area contributed by atoms with Crippen LogP contribution in [0.15, 0.2) is 71.0 Å². The first-order valence-electron chi connectivity index (χ1n) is 18.3. The summed E-state index contributed by atoms with van der Waals surface area (Å²) in [5, 5.41) is 28.8. The molecule has 0 N–H and O–H groups in total. The lowest BCUT2D eigenvalue weighted by Crippen LogP contribution is -2.43. The van der Waals surface area contributed by atoms with Gasteiger partial charge in [0.25, 0.3) is 0 Å². The molecule has 7 rings (SSSR count). The van der Waals surface area contributed by atoms with Crippen LogP contribution in [0, 0.1) is 34.0 Å². The van der Waals surface area contributed by atoms with Gasteiger partial charge in [0.05, 0.1) is 40.9 Å². The summed E-state index contributed by atoms with van der Waals surface area (Å²) >= 11 is 5.14. The van der Waals surface area contributed by atoms with E-state index in [4.69, 9.17) is 4.74 Å². The molecule has 0 saturated carbocycles. The minimum Gasteiger partial charge on any atom is -0.470 e. The molecule has 0 fully saturated rings. The van der Waals surface area contributed by atoms with Crippen LogP contribution in [0.1, 0.15) is 77.0 Å². The number of alkyl halides is 3. The second-order valence-corrected chi connectivity index (χ2v) is 16.9. The van der Waals surface area contributed by atoms with Crippen molar-refractivity contribution in [3.05, 3.63) is 75.9 Å². The number of allylic oxidation sites excluding steroid dienone is 2. The molecule has 1 aliphatic heterocycles. The van der Waals surface area contributed by atoms with E-state index < -0.39 is 34.3 Å². The lowest BCUT2D eigenvalue weighted by Gasteiger charge is -2.28. The molecule has 6 nitrogen and oxygen atoms in total. The van der Waals surface area contributed by atoms with Crippen molar-refractivity contribution in [2.24, 2.45) is 0 Å². The summed E-state index contributed by atoms with van der Waals surface area (Å²) < 4.78 is 58.6. The highest BCUT2D eigenvalue weighted by Gasteiger charge is 2.60. The molecule has 0 saturated heterocycles. The van der Waals surface area contributed by atoms with Crippen LogP contribution < -0.4 is 0 Å². The maximum absolute atomic E-state index is 14.5. The maximum Gasteiger partial charge on any atom is 0.432 e. The predicted octanol–water partition coefficient (Wildman–Crippen LogP) is 13.4. The first-order chi connectivity index (χ1) is 26.1. The molecule has 0 aliphatic carbocycles. The van der Waals surface area contributed by atoms with E-state index in [0.29, 0.717) is 0 Å². The molecule has 1 aromatic carbocycles. The predicted molar refractivity (Wildman–Crippen MR) is 215 cm³/mol. The highest BCUT2D eigenvalue weighted by Crippen LogP contribution is 2.52. The zero-order valence-electron chi connectivity index (χ0n) is 30.3. The van der Waals surface area contributed by atoms with E-state index in [1.54, 1.807) is 35.6 Å². The Hall–Kier alpha value is -4.80. The van der Waals surface area contributed by atoms with Crippen LogP contribution in [0.25, 0.3) is 57.4 Å². The normalized spacial score (nSPS) is 16.3. The van der Waals surface area contributed by atoms with Gasteiger partial charge in [-0.25, -0.2) is 0 Å². The van der Waals surface area contributed by atoms with E-state index >= 15 is 0 Å². The number of unbranched alkanes of at least 4 members (excludes halogenated alkanes) is 6. The second-order valence-electron chi connectivity index (χ2n) is 13.7. The summed E-state index contributed by atoms with van der Waals surface area (Å²) in [7, 11) is 0.